The SMILES string of the molecule is Cc1c(S(=O)(=O)c2ccc(Cl)cc2Cl)cc(C(C)(C)C)c(O)c1C(=O)O. The normalized spacial score (nSPS) is 12.2. The smallest absolute Gasteiger partial charge is 0.339 e. The number of carboxylic acid groups (broad SMARTS) is 1. The fourth-order valence-electron chi connectivity index (χ4n) is 2.67. The van der Waals surface area contributed by atoms with Crippen LogP contribution in [0.4, 0.5) is 0 Å². The first kappa shape index (κ1) is 20.6. The van der Waals surface area contributed by atoms with Gasteiger partial charge in [0.25, 0.3) is 0 Å². The molecule has 0 fully saturated rings. The van der Waals surface area contributed by atoms with Gasteiger partial charge in [0.05, 0.1) is 14.8 Å². The third-order valence-electron chi connectivity index (χ3n) is 4.01. The Labute approximate surface area is 162 Å². The highest BCUT2D eigenvalue weighted by Crippen LogP contribution is 2.40. The van der Waals surface area contributed by atoms with Crippen molar-refractivity contribution in [2.75, 3.05) is 0 Å². The van der Waals surface area contributed by atoms with Gasteiger partial charge in [-0.2, -0.15) is 0 Å². The Morgan fingerprint density at radius 1 is 1.08 bits per heavy atom. The van der Waals surface area contributed by atoms with Gasteiger partial charge in [-0.05, 0) is 42.2 Å². The van der Waals surface area contributed by atoms with Crippen molar-refractivity contribution in [2.45, 2.75) is 42.9 Å². The van der Waals surface area contributed by atoms with Gasteiger partial charge >= 0.3 is 5.97 Å². The van der Waals surface area contributed by atoms with Gasteiger partial charge in [-0.25, -0.2) is 13.2 Å². The van der Waals surface area contributed by atoms with Crippen LogP contribution >= 0.6 is 23.2 Å². The molecule has 2 aromatic carbocycles. The summed E-state index contributed by atoms with van der Waals surface area (Å²) in [5.41, 5.74) is -0.977. The third kappa shape index (κ3) is 3.54. The van der Waals surface area contributed by atoms with Crippen LogP contribution in [0.25, 0.3) is 0 Å². The zero-order valence-electron chi connectivity index (χ0n) is 14.6. The molecule has 0 aromatic heterocycles. The first-order valence-corrected chi connectivity index (χ1v) is 9.83. The van der Waals surface area contributed by atoms with Crippen LogP contribution in [-0.4, -0.2) is 24.6 Å². The van der Waals surface area contributed by atoms with Crippen molar-refractivity contribution in [1.82, 2.24) is 0 Å². The number of halogens is 2. The first-order valence-electron chi connectivity index (χ1n) is 7.59. The molecule has 0 aliphatic rings. The molecule has 0 spiro atoms. The van der Waals surface area contributed by atoms with Crippen molar-refractivity contribution >= 4 is 39.0 Å². The van der Waals surface area contributed by atoms with Crippen molar-refractivity contribution in [1.29, 1.82) is 0 Å². The Morgan fingerprint density at radius 2 is 1.65 bits per heavy atom. The van der Waals surface area contributed by atoms with Crippen LogP contribution < -0.4 is 0 Å². The van der Waals surface area contributed by atoms with Crippen LogP contribution in [0, 0.1) is 6.92 Å². The van der Waals surface area contributed by atoms with E-state index in [0.29, 0.717) is 0 Å². The maximum atomic E-state index is 13.1. The zero-order valence-corrected chi connectivity index (χ0v) is 16.9. The van der Waals surface area contributed by atoms with Gasteiger partial charge in [-0.15, -0.1) is 0 Å². The highest BCUT2D eigenvalue weighted by molar-refractivity contribution is 7.91. The number of benzene rings is 2. The minimum atomic E-state index is -4.14. The summed E-state index contributed by atoms with van der Waals surface area (Å²) in [6, 6.07) is 5.26. The van der Waals surface area contributed by atoms with E-state index in [-0.39, 0.29) is 31.0 Å². The maximum Gasteiger partial charge on any atom is 0.339 e. The molecule has 140 valence electrons. The van der Waals surface area contributed by atoms with E-state index < -0.39 is 32.5 Å². The van der Waals surface area contributed by atoms with Crippen LogP contribution in [-0.2, 0) is 15.3 Å². The summed E-state index contributed by atoms with van der Waals surface area (Å²) in [5, 5.41) is 20.1. The van der Waals surface area contributed by atoms with Crippen LogP contribution in [0.3, 0.4) is 0 Å². The predicted molar refractivity (Wildman–Crippen MR) is 100 cm³/mol. The number of aromatic carboxylic acids is 1. The Kier molecular flexibility index (Phi) is 5.34. The minimum absolute atomic E-state index is 0.0611. The van der Waals surface area contributed by atoms with Gasteiger partial charge in [0, 0.05) is 10.6 Å². The first-order chi connectivity index (χ1) is 11.8. The standard InChI is InChI=1S/C18H18Cl2O5S/c1-9-14(26(24,25)13-6-5-10(19)7-12(13)20)8-11(18(2,3)4)16(21)15(9)17(22)23/h5-8,21H,1-4H3,(H,22,23). The second-order valence-electron chi connectivity index (χ2n) is 6.90. The van der Waals surface area contributed by atoms with Crippen LogP contribution in [0.15, 0.2) is 34.1 Å². The minimum Gasteiger partial charge on any atom is -0.507 e. The molecule has 2 N–H and O–H groups in total. The second-order valence-corrected chi connectivity index (χ2v) is 9.63. The molecule has 26 heavy (non-hydrogen) atoms. The molecule has 2 aromatic rings. The fraction of sp³-hybridized carbons (Fsp3) is 0.278. The molecule has 2 rings (SSSR count). The molecule has 0 aliphatic heterocycles. The van der Waals surface area contributed by atoms with Gasteiger partial charge in [0.1, 0.15) is 11.3 Å². The largest absolute Gasteiger partial charge is 0.507 e. The molecule has 8 heteroatoms. The molecule has 0 unspecified atom stereocenters. The highest BCUT2D eigenvalue weighted by Gasteiger charge is 2.32. The van der Waals surface area contributed by atoms with Gasteiger partial charge in [0.15, 0.2) is 0 Å². The summed E-state index contributed by atoms with van der Waals surface area (Å²) in [4.78, 5) is 11.2. The van der Waals surface area contributed by atoms with E-state index >= 15 is 0 Å². The quantitative estimate of drug-likeness (QED) is 0.746. The average molecular weight is 417 g/mol. The van der Waals surface area contributed by atoms with E-state index in [2.05, 4.69) is 0 Å². The lowest BCUT2D eigenvalue weighted by Crippen LogP contribution is -2.17. The molecule has 0 atom stereocenters. The Hall–Kier alpha value is -1.76. The van der Waals surface area contributed by atoms with Crippen molar-refractivity contribution in [3.8, 4) is 5.75 Å². The molecule has 0 heterocycles. The predicted octanol–water partition coefficient (Wildman–Crippen LogP) is 4.84. The zero-order chi connectivity index (χ0) is 20.0. The molecule has 0 saturated heterocycles. The van der Waals surface area contributed by atoms with Crippen molar-refractivity contribution in [2.24, 2.45) is 0 Å². The monoisotopic (exact) mass is 416 g/mol. The number of sulfone groups is 1. The molecule has 0 radical (unpaired) electrons. The van der Waals surface area contributed by atoms with Gasteiger partial charge in [0.2, 0.25) is 9.84 Å². The van der Waals surface area contributed by atoms with Gasteiger partial charge < -0.3 is 10.2 Å². The number of rotatable bonds is 3. The number of hydrogen-bond acceptors (Lipinski definition) is 4. The molecule has 5 nitrogen and oxygen atoms in total. The summed E-state index contributed by atoms with van der Waals surface area (Å²) in [6.07, 6.45) is 0. The van der Waals surface area contributed by atoms with Crippen LogP contribution in [0.2, 0.25) is 10.0 Å². The van der Waals surface area contributed by atoms with E-state index in [9.17, 15) is 23.4 Å². The summed E-state index contributed by atoms with van der Waals surface area (Å²) >= 11 is 11.9. The Bertz CT molecular complexity index is 1010. The molecule has 0 amide bonds. The van der Waals surface area contributed by atoms with Gasteiger partial charge in [-0.3, -0.25) is 0 Å². The summed E-state index contributed by atoms with van der Waals surface area (Å²) in [7, 11) is -4.14. The molecule has 0 saturated carbocycles. The van der Waals surface area contributed by atoms with Crippen molar-refractivity contribution in [3.05, 3.63) is 51.0 Å². The highest BCUT2D eigenvalue weighted by atomic mass is 35.5. The van der Waals surface area contributed by atoms with E-state index in [1.54, 1.807) is 20.8 Å². The second kappa shape index (κ2) is 6.76. The van der Waals surface area contributed by atoms with E-state index in [4.69, 9.17) is 23.2 Å². The molecular weight excluding hydrogens is 399 g/mol. The molecular formula is C18H18Cl2O5S. The Morgan fingerprint density at radius 3 is 2.12 bits per heavy atom. The summed E-state index contributed by atoms with van der Waals surface area (Å²) < 4.78 is 26.3. The number of carbonyl (C=O) groups is 1. The summed E-state index contributed by atoms with van der Waals surface area (Å²) in [6.45, 7) is 6.57. The maximum absolute atomic E-state index is 13.1. The number of hydrogen-bond donors (Lipinski definition) is 2. The molecule has 0 aliphatic carbocycles. The topological polar surface area (TPSA) is 91.7 Å². The Balaban J connectivity index is 2.93. The molecule has 0 bridgehead atoms. The van der Waals surface area contributed by atoms with Gasteiger partial charge in [-0.1, -0.05) is 44.0 Å². The summed E-state index contributed by atoms with van der Waals surface area (Å²) in [5.74, 6) is -1.85. The lowest BCUT2D eigenvalue weighted by atomic mass is 9.84. The van der Waals surface area contributed by atoms with Crippen molar-refractivity contribution < 1.29 is 23.4 Å². The lowest BCUT2D eigenvalue weighted by molar-refractivity contribution is 0.0692. The van der Waals surface area contributed by atoms with Crippen LogP contribution in [0.1, 0.15) is 42.3 Å². The number of aromatic hydroxyl groups is 1. The number of carboxylic acids is 1. The third-order valence-corrected chi connectivity index (χ3v) is 6.60. The average Bonchev–Trinajstić information content (AvgIpc) is 2.44. The van der Waals surface area contributed by atoms with E-state index in [0.717, 1.165) is 0 Å². The van der Waals surface area contributed by atoms with Crippen LogP contribution in [0.5, 0.6) is 5.75 Å². The lowest BCUT2D eigenvalue weighted by Gasteiger charge is -2.24. The fourth-order valence-corrected chi connectivity index (χ4v) is 4.96. The van der Waals surface area contributed by atoms with E-state index in [1.807, 2.05) is 0 Å². The number of phenols is 1. The van der Waals surface area contributed by atoms with E-state index in [1.165, 1.54) is 31.2 Å². The van der Waals surface area contributed by atoms with Crippen molar-refractivity contribution in [3.63, 3.8) is 0 Å².